The van der Waals surface area contributed by atoms with Gasteiger partial charge in [-0.3, -0.25) is 9.78 Å². The Bertz CT molecular complexity index is 1030. The molecular weight excluding hydrogens is 352 g/mol. The fourth-order valence-electron chi connectivity index (χ4n) is 3.25. The van der Waals surface area contributed by atoms with E-state index < -0.39 is 0 Å². The average Bonchev–Trinajstić information content (AvgIpc) is 2.97. The molecule has 0 aliphatic carbocycles. The molecule has 28 heavy (non-hydrogen) atoms. The minimum Gasteiger partial charge on any atom is -0.493 e. The smallest absolute Gasteiger partial charge is 0.244 e. The number of furan rings is 1. The lowest BCUT2D eigenvalue weighted by Crippen LogP contribution is -2.20. The number of aryl methyl sites for hydroxylation is 3. The summed E-state index contributed by atoms with van der Waals surface area (Å²) in [4.78, 5) is 16.4. The Morgan fingerprint density at radius 2 is 1.93 bits per heavy atom. The van der Waals surface area contributed by atoms with Crippen LogP contribution < -0.4 is 10.1 Å². The molecule has 0 bridgehead atoms. The van der Waals surface area contributed by atoms with Crippen molar-refractivity contribution >= 4 is 22.4 Å². The highest BCUT2D eigenvalue weighted by atomic mass is 16.5. The number of carbonyl (C=O) groups excluding carboxylic acids is 1. The fourth-order valence-corrected chi connectivity index (χ4v) is 3.25. The molecule has 1 N–H and O–H groups in total. The van der Waals surface area contributed by atoms with Crippen molar-refractivity contribution in [3.05, 3.63) is 64.7 Å². The van der Waals surface area contributed by atoms with E-state index in [-0.39, 0.29) is 5.91 Å². The van der Waals surface area contributed by atoms with Crippen LogP contribution in [0.15, 0.2) is 41.1 Å². The molecule has 0 spiro atoms. The van der Waals surface area contributed by atoms with Crippen molar-refractivity contribution in [1.29, 1.82) is 0 Å². The number of hydrogen-bond acceptors (Lipinski definition) is 4. The number of pyridine rings is 1. The van der Waals surface area contributed by atoms with Crippen LogP contribution in [0.25, 0.3) is 16.5 Å². The Kier molecular flexibility index (Phi) is 5.83. The lowest BCUT2D eigenvalue weighted by atomic mass is 9.98. The second-order valence-electron chi connectivity index (χ2n) is 6.87. The first-order valence-corrected chi connectivity index (χ1v) is 9.43. The molecule has 1 amide bonds. The zero-order valence-electron chi connectivity index (χ0n) is 17.1. The number of amides is 1. The average molecular weight is 378 g/mol. The van der Waals surface area contributed by atoms with Gasteiger partial charge >= 0.3 is 0 Å². The second-order valence-corrected chi connectivity index (χ2v) is 6.87. The van der Waals surface area contributed by atoms with Gasteiger partial charge in [0.2, 0.25) is 5.91 Å². The third-order valence-electron chi connectivity index (χ3n) is 4.92. The van der Waals surface area contributed by atoms with Gasteiger partial charge in [0.05, 0.1) is 6.61 Å². The first-order valence-electron chi connectivity index (χ1n) is 9.43. The molecule has 3 rings (SSSR count). The van der Waals surface area contributed by atoms with Crippen LogP contribution in [0.1, 0.15) is 41.9 Å². The zero-order valence-corrected chi connectivity index (χ0v) is 17.1. The van der Waals surface area contributed by atoms with Gasteiger partial charge in [-0.05, 0) is 69.5 Å². The van der Waals surface area contributed by atoms with E-state index in [4.69, 9.17) is 9.15 Å². The standard InChI is InChI=1S/C23H26N2O3/c1-6-27-22-16(4)23-20(15(3)17(5)28-23)12-19(22)14(2)11-21(26)25-13-18-7-9-24-10-8-18/h7-12H,6,13H2,1-5H3,(H,25,26)/b14-11+. The van der Waals surface area contributed by atoms with Crippen molar-refractivity contribution in [3.8, 4) is 5.75 Å². The summed E-state index contributed by atoms with van der Waals surface area (Å²) in [6.45, 7) is 10.9. The third-order valence-corrected chi connectivity index (χ3v) is 4.92. The van der Waals surface area contributed by atoms with Gasteiger partial charge in [-0.25, -0.2) is 0 Å². The van der Waals surface area contributed by atoms with E-state index in [0.717, 1.165) is 50.3 Å². The summed E-state index contributed by atoms with van der Waals surface area (Å²) in [5.74, 6) is 1.52. The number of nitrogens with one attached hydrogen (secondary N) is 1. The van der Waals surface area contributed by atoms with Crippen molar-refractivity contribution in [1.82, 2.24) is 10.3 Å². The highest BCUT2D eigenvalue weighted by molar-refractivity contribution is 5.98. The van der Waals surface area contributed by atoms with Gasteiger partial charge in [-0.2, -0.15) is 0 Å². The fraction of sp³-hybridized carbons (Fsp3) is 0.304. The summed E-state index contributed by atoms with van der Waals surface area (Å²) in [7, 11) is 0. The van der Waals surface area contributed by atoms with E-state index in [1.54, 1.807) is 18.5 Å². The summed E-state index contributed by atoms with van der Waals surface area (Å²) in [5, 5.41) is 3.97. The molecule has 0 aliphatic heterocycles. The molecule has 3 aromatic rings. The van der Waals surface area contributed by atoms with Crippen molar-refractivity contribution in [3.63, 3.8) is 0 Å². The van der Waals surface area contributed by atoms with E-state index >= 15 is 0 Å². The van der Waals surface area contributed by atoms with Crippen LogP contribution >= 0.6 is 0 Å². The van der Waals surface area contributed by atoms with E-state index in [2.05, 4.69) is 16.4 Å². The van der Waals surface area contributed by atoms with Crippen LogP contribution in [0.5, 0.6) is 5.75 Å². The maximum absolute atomic E-state index is 12.4. The summed E-state index contributed by atoms with van der Waals surface area (Å²) >= 11 is 0. The first kappa shape index (κ1) is 19.7. The number of hydrogen-bond donors (Lipinski definition) is 1. The van der Waals surface area contributed by atoms with E-state index in [0.29, 0.717) is 13.2 Å². The topological polar surface area (TPSA) is 64.4 Å². The zero-order chi connectivity index (χ0) is 20.3. The summed E-state index contributed by atoms with van der Waals surface area (Å²) in [6, 6.07) is 5.82. The molecule has 2 heterocycles. The SMILES string of the molecule is CCOc1c(/C(C)=C/C(=O)NCc2ccncc2)cc2c(C)c(C)oc2c1C. The lowest BCUT2D eigenvalue weighted by molar-refractivity contribution is -0.116. The highest BCUT2D eigenvalue weighted by Gasteiger charge is 2.18. The first-order chi connectivity index (χ1) is 13.4. The number of ether oxygens (including phenoxy) is 1. The molecule has 0 aliphatic rings. The van der Waals surface area contributed by atoms with Gasteiger partial charge in [0.25, 0.3) is 0 Å². The van der Waals surface area contributed by atoms with Gasteiger partial charge in [0.1, 0.15) is 17.1 Å². The van der Waals surface area contributed by atoms with Crippen molar-refractivity contribution < 1.29 is 13.9 Å². The number of rotatable bonds is 6. The van der Waals surface area contributed by atoms with E-state index in [9.17, 15) is 4.79 Å². The Balaban J connectivity index is 1.93. The third kappa shape index (κ3) is 3.93. The van der Waals surface area contributed by atoms with Crippen LogP contribution in [0.2, 0.25) is 0 Å². The minimum atomic E-state index is -0.144. The Morgan fingerprint density at radius 3 is 2.61 bits per heavy atom. The maximum atomic E-state index is 12.4. The molecule has 5 heteroatoms. The number of aromatic nitrogens is 1. The molecule has 146 valence electrons. The molecule has 0 saturated carbocycles. The lowest BCUT2D eigenvalue weighted by Gasteiger charge is -2.14. The summed E-state index contributed by atoms with van der Waals surface area (Å²) in [6.07, 6.45) is 5.04. The number of benzene rings is 1. The molecule has 0 atom stereocenters. The monoisotopic (exact) mass is 378 g/mol. The predicted octanol–water partition coefficient (Wildman–Crippen LogP) is 4.87. The van der Waals surface area contributed by atoms with Crippen LogP contribution in [0, 0.1) is 20.8 Å². The molecule has 0 radical (unpaired) electrons. The number of allylic oxidation sites excluding steroid dienone is 1. The second kappa shape index (κ2) is 8.30. The Morgan fingerprint density at radius 1 is 1.21 bits per heavy atom. The van der Waals surface area contributed by atoms with E-state index in [1.165, 1.54) is 0 Å². The van der Waals surface area contributed by atoms with Gasteiger partial charge in [-0.15, -0.1) is 0 Å². The molecule has 5 nitrogen and oxygen atoms in total. The molecule has 1 aromatic carbocycles. The maximum Gasteiger partial charge on any atom is 0.244 e. The number of nitrogens with zero attached hydrogens (tertiary/aromatic N) is 1. The summed E-state index contributed by atoms with van der Waals surface area (Å²) in [5.41, 5.74) is 5.67. The Labute approximate surface area is 165 Å². The minimum absolute atomic E-state index is 0.144. The highest BCUT2D eigenvalue weighted by Crippen LogP contribution is 2.38. The predicted molar refractivity (Wildman–Crippen MR) is 111 cm³/mol. The summed E-state index contributed by atoms with van der Waals surface area (Å²) < 4.78 is 11.9. The largest absolute Gasteiger partial charge is 0.493 e. The van der Waals surface area contributed by atoms with Crippen LogP contribution in [0.3, 0.4) is 0 Å². The van der Waals surface area contributed by atoms with E-state index in [1.807, 2.05) is 46.8 Å². The number of fused-ring (bicyclic) bond motifs is 1. The van der Waals surface area contributed by atoms with Gasteiger partial charge in [0, 0.05) is 41.5 Å². The van der Waals surface area contributed by atoms with Gasteiger partial charge < -0.3 is 14.5 Å². The molecule has 2 aromatic heterocycles. The Hall–Kier alpha value is -3.08. The van der Waals surface area contributed by atoms with Crippen molar-refractivity contribution in [2.24, 2.45) is 0 Å². The quantitative estimate of drug-likeness (QED) is 0.622. The van der Waals surface area contributed by atoms with Gasteiger partial charge in [0.15, 0.2) is 0 Å². The van der Waals surface area contributed by atoms with Gasteiger partial charge in [-0.1, -0.05) is 0 Å². The molecule has 0 unspecified atom stereocenters. The van der Waals surface area contributed by atoms with Crippen LogP contribution in [-0.4, -0.2) is 17.5 Å². The molecule has 0 fully saturated rings. The number of carbonyl (C=O) groups is 1. The van der Waals surface area contributed by atoms with Crippen molar-refractivity contribution in [2.75, 3.05) is 6.61 Å². The molecule has 0 saturated heterocycles. The van der Waals surface area contributed by atoms with Crippen molar-refractivity contribution in [2.45, 2.75) is 41.2 Å². The van der Waals surface area contributed by atoms with Crippen LogP contribution in [0.4, 0.5) is 0 Å². The van der Waals surface area contributed by atoms with Crippen LogP contribution in [-0.2, 0) is 11.3 Å². The molecular formula is C23H26N2O3. The normalized spacial score (nSPS) is 11.7.